The minimum atomic E-state index is -3.61. The molecule has 0 aliphatic heterocycles. The standard InChI is InChI=1S/C18H21N3O3S2/c22-17(20-18-19-15-9-4-10-16(15)25-18)12-5-3-8-14(11-12)26(23,24)21-13-6-1-2-7-13/h3,5,8,11,13,21H,1-2,4,6-7,9-10H2,(H,19,20,22). The fourth-order valence-electron chi connectivity index (χ4n) is 3.55. The molecule has 1 aromatic heterocycles. The molecule has 0 saturated heterocycles. The van der Waals surface area contributed by atoms with Gasteiger partial charge in [-0.2, -0.15) is 0 Å². The van der Waals surface area contributed by atoms with E-state index in [0.29, 0.717) is 10.7 Å². The molecule has 0 bridgehead atoms. The van der Waals surface area contributed by atoms with Gasteiger partial charge in [-0.3, -0.25) is 10.1 Å². The van der Waals surface area contributed by atoms with Crippen molar-refractivity contribution in [1.82, 2.24) is 9.71 Å². The number of hydrogen-bond donors (Lipinski definition) is 2. The molecular formula is C18H21N3O3S2. The van der Waals surface area contributed by atoms with Gasteiger partial charge in [-0.05, 0) is 50.3 Å². The molecule has 1 saturated carbocycles. The second-order valence-electron chi connectivity index (χ2n) is 6.83. The lowest BCUT2D eigenvalue weighted by Gasteiger charge is -2.13. The van der Waals surface area contributed by atoms with Crippen LogP contribution in [-0.2, 0) is 22.9 Å². The van der Waals surface area contributed by atoms with Crippen LogP contribution in [0.5, 0.6) is 0 Å². The van der Waals surface area contributed by atoms with Crippen molar-refractivity contribution in [3.63, 3.8) is 0 Å². The van der Waals surface area contributed by atoms with E-state index >= 15 is 0 Å². The van der Waals surface area contributed by atoms with E-state index in [1.165, 1.54) is 28.3 Å². The van der Waals surface area contributed by atoms with Crippen LogP contribution in [0.25, 0.3) is 0 Å². The molecule has 8 heteroatoms. The summed E-state index contributed by atoms with van der Waals surface area (Å²) in [5, 5.41) is 3.37. The van der Waals surface area contributed by atoms with Crippen LogP contribution in [0.4, 0.5) is 5.13 Å². The fourth-order valence-corrected chi connectivity index (χ4v) is 5.94. The average molecular weight is 392 g/mol. The lowest BCUT2D eigenvalue weighted by atomic mass is 10.2. The maximum absolute atomic E-state index is 12.6. The third-order valence-corrected chi connectivity index (χ3v) is 7.49. The number of aromatic nitrogens is 1. The zero-order valence-electron chi connectivity index (χ0n) is 14.3. The summed E-state index contributed by atoms with van der Waals surface area (Å²) >= 11 is 1.50. The van der Waals surface area contributed by atoms with E-state index in [9.17, 15) is 13.2 Å². The highest BCUT2D eigenvalue weighted by Gasteiger charge is 2.24. The molecule has 2 N–H and O–H groups in total. The Labute approximate surface area is 157 Å². The molecule has 0 radical (unpaired) electrons. The number of benzene rings is 1. The van der Waals surface area contributed by atoms with Crippen LogP contribution < -0.4 is 10.0 Å². The zero-order valence-corrected chi connectivity index (χ0v) is 16.0. The molecule has 0 atom stereocenters. The number of thiazole rings is 1. The summed E-state index contributed by atoms with van der Waals surface area (Å²) < 4.78 is 27.9. The molecule has 6 nitrogen and oxygen atoms in total. The summed E-state index contributed by atoms with van der Waals surface area (Å²) in [6.45, 7) is 0. The molecule has 0 spiro atoms. The molecule has 26 heavy (non-hydrogen) atoms. The maximum atomic E-state index is 12.6. The molecule has 1 fully saturated rings. The first kappa shape index (κ1) is 17.6. The highest BCUT2D eigenvalue weighted by Crippen LogP contribution is 2.30. The number of aryl methyl sites for hydroxylation is 2. The van der Waals surface area contributed by atoms with E-state index in [-0.39, 0.29) is 16.8 Å². The minimum absolute atomic E-state index is 0.00446. The number of nitrogens with one attached hydrogen (secondary N) is 2. The predicted molar refractivity (Wildman–Crippen MR) is 101 cm³/mol. The van der Waals surface area contributed by atoms with Gasteiger partial charge >= 0.3 is 0 Å². The number of hydrogen-bond acceptors (Lipinski definition) is 5. The predicted octanol–water partition coefficient (Wildman–Crippen LogP) is 3.11. The number of sulfonamides is 1. The van der Waals surface area contributed by atoms with E-state index in [4.69, 9.17) is 0 Å². The summed E-state index contributed by atoms with van der Waals surface area (Å²) in [4.78, 5) is 18.3. The van der Waals surface area contributed by atoms with Gasteiger partial charge in [0, 0.05) is 16.5 Å². The molecule has 1 heterocycles. The molecule has 2 aliphatic rings. The van der Waals surface area contributed by atoms with Crippen molar-refractivity contribution < 1.29 is 13.2 Å². The van der Waals surface area contributed by atoms with Crippen LogP contribution in [0.15, 0.2) is 29.2 Å². The van der Waals surface area contributed by atoms with Crippen LogP contribution in [0.3, 0.4) is 0 Å². The van der Waals surface area contributed by atoms with Gasteiger partial charge in [0.25, 0.3) is 5.91 Å². The highest BCUT2D eigenvalue weighted by atomic mass is 32.2. The van der Waals surface area contributed by atoms with E-state index in [1.54, 1.807) is 12.1 Å². The van der Waals surface area contributed by atoms with Crippen molar-refractivity contribution in [3.05, 3.63) is 40.4 Å². The van der Waals surface area contributed by atoms with Gasteiger partial charge in [-0.25, -0.2) is 18.1 Å². The number of anilines is 1. The molecule has 4 rings (SSSR count). The minimum Gasteiger partial charge on any atom is -0.298 e. The normalized spacial score (nSPS) is 17.4. The van der Waals surface area contributed by atoms with Gasteiger partial charge in [0.2, 0.25) is 10.0 Å². The second-order valence-corrected chi connectivity index (χ2v) is 9.62. The largest absolute Gasteiger partial charge is 0.298 e. The van der Waals surface area contributed by atoms with Gasteiger partial charge in [0.15, 0.2) is 5.13 Å². The summed E-state index contributed by atoms with van der Waals surface area (Å²) in [5.74, 6) is -0.338. The molecular weight excluding hydrogens is 370 g/mol. The van der Waals surface area contributed by atoms with Crippen LogP contribution in [0.1, 0.15) is 53.0 Å². The van der Waals surface area contributed by atoms with Gasteiger partial charge < -0.3 is 0 Å². The Bertz CT molecular complexity index is 909. The van der Waals surface area contributed by atoms with Crippen molar-refractivity contribution in [2.45, 2.75) is 55.9 Å². The average Bonchev–Trinajstić information content (AvgIpc) is 3.32. The Morgan fingerprint density at radius 1 is 1.15 bits per heavy atom. The zero-order chi connectivity index (χ0) is 18.1. The van der Waals surface area contributed by atoms with Gasteiger partial charge in [-0.1, -0.05) is 18.9 Å². The Morgan fingerprint density at radius 3 is 2.73 bits per heavy atom. The van der Waals surface area contributed by atoms with Crippen molar-refractivity contribution in [2.75, 3.05) is 5.32 Å². The monoisotopic (exact) mass is 391 g/mol. The third kappa shape index (κ3) is 3.67. The Morgan fingerprint density at radius 2 is 1.96 bits per heavy atom. The number of carbonyl (C=O) groups is 1. The Kier molecular flexibility index (Phi) is 4.81. The first-order valence-electron chi connectivity index (χ1n) is 8.93. The van der Waals surface area contributed by atoms with E-state index in [0.717, 1.165) is 50.6 Å². The molecule has 0 unspecified atom stereocenters. The van der Waals surface area contributed by atoms with E-state index in [2.05, 4.69) is 15.0 Å². The smallest absolute Gasteiger partial charge is 0.257 e. The molecule has 2 aromatic rings. The van der Waals surface area contributed by atoms with Crippen molar-refractivity contribution in [2.24, 2.45) is 0 Å². The second kappa shape index (κ2) is 7.09. The summed E-state index contributed by atoms with van der Waals surface area (Å²) in [5.41, 5.74) is 1.39. The van der Waals surface area contributed by atoms with E-state index < -0.39 is 10.0 Å². The van der Waals surface area contributed by atoms with Crippen LogP contribution in [0.2, 0.25) is 0 Å². The topological polar surface area (TPSA) is 88.2 Å². The van der Waals surface area contributed by atoms with E-state index in [1.807, 2.05) is 0 Å². The SMILES string of the molecule is O=C(Nc1nc2c(s1)CCC2)c1cccc(S(=O)(=O)NC2CCCC2)c1. The number of fused-ring (bicyclic) bond motifs is 1. The Balaban J connectivity index is 1.49. The van der Waals surface area contributed by atoms with Gasteiger partial charge in [-0.15, -0.1) is 11.3 Å². The molecule has 138 valence electrons. The first-order chi connectivity index (χ1) is 12.5. The fraction of sp³-hybridized carbons (Fsp3) is 0.444. The lowest BCUT2D eigenvalue weighted by Crippen LogP contribution is -2.32. The lowest BCUT2D eigenvalue weighted by molar-refractivity contribution is 0.102. The Hall–Kier alpha value is -1.77. The third-order valence-electron chi connectivity index (χ3n) is 4.90. The molecule has 1 amide bonds. The van der Waals surface area contributed by atoms with Crippen molar-refractivity contribution in [3.8, 4) is 0 Å². The maximum Gasteiger partial charge on any atom is 0.257 e. The number of amides is 1. The van der Waals surface area contributed by atoms with Crippen LogP contribution in [0, 0.1) is 0 Å². The van der Waals surface area contributed by atoms with Gasteiger partial charge in [0.05, 0.1) is 10.6 Å². The highest BCUT2D eigenvalue weighted by molar-refractivity contribution is 7.89. The summed E-state index contributed by atoms with van der Waals surface area (Å²) in [6.07, 6.45) is 6.94. The van der Waals surface area contributed by atoms with Crippen molar-refractivity contribution >= 4 is 32.4 Å². The quantitative estimate of drug-likeness (QED) is 0.820. The molecule has 1 aromatic carbocycles. The van der Waals surface area contributed by atoms with Crippen LogP contribution in [-0.4, -0.2) is 25.4 Å². The summed E-state index contributed by atoms with van der Waals surface area (Å²) in [6, 6.07) is 6.15. The number of nitrogens with zero attached hydrogens (tertiary/aromatic N) is 1. The summed E-state index contributed by atoms with van der Waals surface area (Å²) in [7, 11) is -3.61. The number of rotatable bonds is 5. The molecule has 2 aliphatic carbocycles. The number of carbonyl (C=O) groups excluding carboxylic acids is 1. The van der Waals surface area contributed by atoms with Crippen molar-refractivity contribution in [1.29, 1.82) is 0 Å². The van der Waals surface area contributed by atoms with Gasteiger partial charge in [0.1, 0.15) is 0 Å². The first-order valence-corrected chi connectivity index (χ1v) is 11.2. The van der Waals surface area contributed by atoms with Crippen LogP contribution >= 0.6 is 11.3 Å².